The number of aromatic nitrogens is 4. The van der Waals surface area contributed by atoms with E-state index in [1.807, 2.05) is 12.1 Å². The van der Waals surface area contributed by atoms with Gasteiger partial charge >= 0.3 is 0 Å². The van der Waals surface area contributed by atoms with Gasteiger partial charge in [0.25, 0.3) is 5.91 Å². The monoisotopic (exact) mass is 441 g/mol. The molecule has 0 spiro atoms. The summed E-state index contributed by atoms with van der Waals surface area (Å²) in [7, 11) is 1.80. The number of aryl methyl sites for hydroxylation is 1. The molecule has 2 aromatic heterocycles. The number of amides is 2. The molecule has 3 heterocycles. The standard InChI is InChI=1S/C21H24ClN7O2/c1-4-12-6-14-16(7-15(12)22)26-27-20(14)24-9-18-23-8-17(28(18)3)21(31)25-13-10-29(11-13)19(30)5-2/h5-8,13H,2,4,9-11H2,1,3H3,(H,25,31)(H2,24,26,27). The van der Waals surface area contributed by atoms with Gasteiger partial charge in [-0.15, -0.1) is 0 Å². The maximum Gasteiger partial charge on any atom is 0.269 e. The number of anilines is 1. The number of halogens is 1. The van der Waals surface area contributed by atoms with Crippen molar-refractivity contribution in [1.29, 1.82) is 0 Å². The molecule has 1 aromatic carbocycles. The van der Waals surface area contributed by atoms with Crippen molar-refractivity contribution in [2.45, 2.75) is 25.9 Å². The van der Waals surface area contributed by atoms with Gasteiger partial charge in [0.1, 0.15) is 11.5 Å². The van der Waals surface area contributed by atoms with Gasteiger partial charge in [0.05, 0.1) is 24.3 Å². The molecule has 3 aromatic rings. The van der Waals surface area contributed by atoms with E-state index in [0.29, 0.717) is 42.0 Å². The minimum absolute atomic E-state index is 0.0668. The van der Waals surface area contributed by atoms with Crippen molar-refractivity contribution < 1.29 is 9.59 Å². The van der Waals surface area contributed by atoms with E-state index < -0.39 is 0 Å². The number of carbonyl (C=O) groups excluding carboxylic acids is 2. The van der Waals surface area contributed by atoms with Crippen LogP contribution in [0.25, 0.3) is 10.9 Å². The largest absolute Gasteiger partial charge is 0.361 e. The first-order chi connectivity index (χ1) is 14.9. The van der Waals surface area contributed by atoms with Gasteiger partial charge in [0, 0.05) is 30.5 Å². The Morgan fingerprint density at radius 1 is 1.39 bits per heavy atom. The van der Waals surface area contributed by atoms with E-state index in [9.17, 15) is 9.59 Å². The zero-order valence-electron chi connectivity index (χ0n) is 17.4. The highest BCUT2D eigenvalue weighted by Gasteiger charge is 2.31. The summed E-state index contributed by atoms with van der Waals surface area (Å²) in [6.45, 7) is 6.89. The Morgan fingerprint density at radius 3 is 2.87 bits per heavy atom. The summed E-state index contributed by atoms with van der Waals surface area (Å²) in [5.41, 5.74) is 2.37. The number of rotatable bonds is 7. The number of nitrogens with one attached hydrogen (secondary N) is 3. The van der Waals surface area contributed by atoms with Crippen LogP contribution >= 0.6 is 11.6 Å². The van der Waals surface area contributed by atoms with Crippen molar-refractivity contribution in [3.8, 4) is 0 Å². The van der Waals surface area contributed by atoms with Gasteiger partial charge in [-0.1, -0.05) is 25.1 Å². The lowest BCUT2D eigenvalue weighted by atomic mass is 10.1. The molecule has 0 aliphatic carbocycles. The number of benzene rings is 1. The first-order valence-corrected chi connectivity index (χ1v) is 10.4. The highest BCUT2D eigenvalue weighted by molar-refractivity contribution is 6.32. The Hall–Kier alpha value is -3.33. The lowest BCUT2D eigenvalue weighted by Gasteiger charge is -2.38. The third kappa shape index (κ3) is 4.00. The summed E-state index contributed by atoms with van der Waals surface area (Å²) >= 11 is 6.28. The summed E-state index contributed by atoms with van der Waals surface area (Å²) in [4.78, 5) is 30.1. The molecule has 0 unspecified atom stereocenters. The molecule has 2 amide bonds. The van der Waals surface area contributed by atoms with Crippen molar-refractivity contribution >= 4 is 40.1 Å². The molecule has 0 bridgehead atoms. The minimum Gasteiger partial charge on any atom is -0.361 e. The van der Waals surface area contributed by atoms with Gasteiger partial charge < -0.3 is 20.1 Å². The summed E-state index contributed by atoms with van der Waals surface area (Å²) in [6.07, 6.45) is 3.66. The number of carbonyl (C=O) groups is 2. The zero-order valence-corrected chi connectivity index (χ0v) is 18.2. The Kier molecular flexibility index (Phi) is 5.69. The van der Waals surface area contributed by atoms with E-state index in [1.54, 1.807) is 22.7 Å². The molecule has 0 atom stereocenters. The third-order valence-electron chi connectivity index (χ3n) is 5.54. The first kappa shape index (κ1) is 20.9. The second kappa shape index (κ2) is 8.43. The van der Waals surface area contributed by atoms with Crippen LogP contribution in [0.15, 0.2) is 31.0 Å². The molecule has 0 radical (unpaired) electrons. The first-order valence-electron chi connectivity index (χ1n) is 10.0. The second-order valence-electron chi connectivity index (χ2n) is 7.50. The molecule has 31 heavy (non-hydrogen) atoms. The number of H-pyrrole nitrogens is 1. The van der Waals surface area contributed by atoms with Gasteiger partial charge in [0.15, 0.2) is 5.82 Å². The normalized spacial score (nSPS) is 13.8. The molecule has 1 aliphatic rings. The molecule has 10 heteroatoms. The highest BCUT2D eigenvalue weighted by atomic mass is 35.5. The number of hydrogen-bond acceptors (Lipinski definition) is 5. The topological polar surface area (TPSA) is 108 Å². The fraction of sp³-hybridized carbons (Fsp3) is 0.333. The quantitative estimate of drug-likeness (QED) is 0.487. The molecule has 4 rings (SSSR count). The highest BCUT2D eigenvalue weighted by Crippen LogP contribution is 2.28. The summed E-state index contributed by atoms with van der Waals surface area (Å²) in [5, 5.41) is 15.2. The molecule has 162 valence electrons. The van der Waals surface area contributed by atoms with Crippen LogP contribution in [0.3, 0.4) is 0 Å². The summed E-state index contributed by atoms with van der Waals surface area (Å²) in [6, 6.07) is 3.84. The van der Waals surface area contributed by atoms with E-state index in [1.165, 1.54) is 6.08 Å². The lowest BCUT2D eigenvalue weighted by Crippen LogP contribution is -2.60. The average molecular weight is 442 g/mol. The summed E-state index contributed by atoms with van der Waals surface area (Å²) in [5.74, 6) is 1.06. The Bertz CT molecular complexity index is 1160. The Labute approximate surface area is 184 Å². The SMILES string of the molecule is C=CC(=O)N1CC(NC(=O)c2cnc(CNc3n[nH]c4cc(Cl)c(CC)cc34)n2C)C1. The van der Waals surface area contributed by atoms with Crippen molar-refractivity contribution in [2.24, 2.45) is 7.05 Å². The van der Waals surface area contributed by atoms with Gasteiger partial charge in [-0.05, 0) is 30.2 Å². The molecule has 0 saturated carbocycles. The van der Waals surface area contributed by atoms with Gasteiger partial charge in [-0.2, -0.15) is 5.10 Å². The van der Waals surface area contributed by atoms with Crippen LogP contribution in [0.5, 0.6) is 0 Å². The van der Waals surface area contributed by atoms with E-state index >= 15 is 0 Å². The van der Waals surface area contributed by atoms with Crippen LogP contribution in [0.2, 0.25) is 5.02 Å². The zero-order chi connectivity index (χ0) is 22.1. The fourth-order valence-corrected chi connectivity index (χ4v) is 3.91. The Morgan fingerprint density at radius 2 is 2.16 bits per heavy atom. The number of likely N-dealkylation sites (tertiary alicyclic amines) is 1. The summed E-state index contributed by atoms with van der Waals surface area (Å²) < 4.78 is 1.75. The van der Waals surface area contributed by atoms with Crippen LogP contribution in [0.1, 0.15) is 28.8 Å². The smallest absolute Gasteiger partial charge is 0.269 e. The number of hydrogen-bond donors (Lipinski definition) is 3. The van der Waals surface area contributed by atoms with Crippen LogP contribution < -0.4 is 10.6 Å². The number of aromatic amines is 1. The Balaban J connectivity index is 1.40. The van der Waals surface area contributed by atoms with Crippen LogP contribution in [0.4, 0.5) is 5.82 Å². The van der Waals surface area contributed by atoms with Crippen molar-refractivity contribution in [2.75, 3.05) is 18.4 Å². The molecule has 1 fully saturated rings. The van der Waals surface area contributed by atoms with E-state index in [-0.39, 0.29) is 17.9 Å². The molecule has 1 saturated heterocycles. The number of fused-ring (bicyclic) bond motifs is 1. The van der Waals surface area contributed by atoms with Crippen molar-refractivity contribution in [3.63, 3.8) is 0 Å². The second-order valence-corrected chi connectivity index (χ2v) is 7.91. The van der Waals surface area contributed by atoms with Gasteiger partial charge in [-0.25, -0.2) is 4.98 Å². The lowest BCUT2D eigenvalue weighted by molar-refractivity contribution is -0.130. The van der Waals surface area contributed by atoms with Crippen molar-refractivity contribution in [1.82, 2.24) is 30.0 Å². The van der Waals surface area contributed by atoms with E-state index in [4.69, 9.17) is 11.6 Å². The number of nitrogens with zero attached hydrogens (tertiary/aromatic N) is 4. The van der Waals surface area contributed by atoms with E-state index in [0.717, 1.165) is 22.9 Å². The number of imidazole rings is 1. The maximum absolute atomic E-state index is 12.6. The van der Waals surface area contributed by atoms with Gasteiger partial charge in [-0.3, -0.25) is 14.7 Å². The van der Waals surface area contributed by atoms with Gasteiger partial charge in [0.2, 0.25) is 5.91 Å². The van der Waals surface area contributed by atoms with Crippen LogP contribution in [0, 0.1) is 0 Å². The average Bonchev–Trinajstić information content (AvgIpc) is 3.30. The predicted molar refractivity (Wildman–Crippen MR) is 119 cm³/mol. The molecular formula is C21H24ClN7O2. The maximum atomic E-state index is 12.6. The molecular weight excluding hydrogens is 418 g/mol. The predicted octanol–water partition coefficient (Wildman–Crippen LogP) is 2.25. The van der Waals surface area contributed by atoms with Crippen LogP contribution in [-0.2, 0) is 24.8 Å². The molecule has 9 nitrogen and oxygen atoms in total. The fourth-order valence-electron chi connectivity index (χ4n) is 3.61. The molecule has 3 N–H and O–H groups in total. The third-order valence-corrected chi connectivity index (χ3v) is 5.90. The minimum atomic E-state index is -0.218. The van der Waals surface area contributed by atoms with Crippen molar-refractivity contribution in [3.05, 3.63) is 53.1 Å². The van der Waals surface area contributed by atoms with Crippen LogP contribution in [-0.4, -0.2) is 55.6 Å². The van der Waals surface area contributed by atoms with E-state index in [2.05, 4.69) is 39.3 Å². The molecule has 1 aliphatic heterocycles.